The lowest BCUT2D eigenvalue weighted by Crippen LogP contribution is -2.39. The molecule has 1 aliphatic rings. The minimum Gasteiger partial charge on any atom is -0.467 e. The zero-order valence-corrected chi connectivity index (χ0v) is 12.8. The Bertz CT molecular complexity index is 382. The van der Waals surface area contributed by atoms with Crippen LogP contribution in [0.25, 0.3) is 0 Å². The lowest BCUT2D eigenvalue weighted by atomic mass is 9.86. The molecule has 21 heavy (non-hydrogen) atoms. The summed E-state index contributed by atoms with van der Waals surface area (Å²) in [6.07, 6.45) is 5.22. The standard InChI is InChI=1S/C16H27NO4/c1-17(9-13-5-2-3-7-16(13)19)10-14(18)11-20-12-15-6-4-8-21-15/h4,6,8,13-14,16,18-19H,2-3,5,7,9-12H2,1H3. The number of hydrogen-bond donors (Lipinski definition) is 2. The Morgan fingerprint density at radius 2 is 2.24 bits per heavy atom. The summed E-state index contributed by atoms with van der Waals surface area (Å²) >= 11 is 0. The molecule has 1 aromatic heterocycles. The van der Waals surface area contributed by atoms with Crippen molar-refractivity contribution < 1.29 is 19.4 Å². The van der Waals surface area contributed by atoms with Crippen molar-refractivity contribution in [2.45, 2.75) is 44.5 Å². The quantitative estimate of drug-likeness (QED) is 0.763. The van der Waals surface area contributed by atoms with E-state index < -0.39 is 6.10 Å². The molecule has 5 heteroatoms. The third-order valence-electron chi connectivity index (χ3n) is 4.07. The van der Waals surface area contributed by atoms with E-state index in [0.29, 0.717) is 19.1 Å². The number of aliphatic hydroxyl groups excluding tert-OH is 2. The Labute approximate surface area is 126 Å². The summed E-state index contributed by atoms with van der Waals surface area (Å²) in [4.78, 5) is 2.08. The Morgan fingerprint density at radius 1 is 1.43 bits per heavy atom. The SMILES string of the molecule is CN(CC(O)COCc1ccco1)CC1CCCCC1O. The van der Waals surface area contributed by atoms with Gasteiger partial charge in [0.15, 0.2) is 0 Å². The molecule has 0 spiro atoms. The van der Waals surface area contributed by atoms with Gasteiger partial charge in [0.1, 0.15) is 12.4 Å². The van der Waals surface area contributed by atoms with Gasteiger partial charge >= 0.3 is 0 Å². The molecule has 0 bridgehead atoms. The van der Waals surface area contributed by atoms with Crippen molar-refractivity contribution in [3.8, 4) is 0 Å². The molecule has 3 unspecified atom stereocenters. The normalized spacial score (nSPS) is 24.4. The van der Waals surface area contributed by atoms with Gasteiger partial charge in [0.2, 0.25) is 0 Å². The van der Waals surface area contributed by atoms with Gasteiger partial charge in [0.05, 0.1) is 25.1 Å². The first-order valence-electron chi connectivity index (χ1n) is 7.80. The van der Waals surface area contributed by atoms with Gasteiger partial charge in [-0.3, -0.25) is 0 Å². The fourth-order valence-corrected chi connectivity index (χ4v) is 2.98. The third kappa shape index (κ3) is 5.79. The fraction of sp³-hybridized carbons (Fsp3) is 0.750. The van der Waals surface area contributed by atoms with E-state index in [-0.39, 0.29) is 12.7 Å². The molecular formula is C16H27NO4. The van der Waals surface area contributed by atoms with Gasteiger partial charge in [-0.1, -0.05) is 12.8 Å². The molecular weight excluding hydrogens is 270 g/mol. The Kier molecular flexibility index (Phi) is 6.70. The largest absolute Gasteiger partial charge is 0.467 e. The van der Waals surface area contributed by atoms with Crippen LogP contribution in [0.3, 0.4) is 0 Å². The van der Waals surface area contributed by atoms with Crippen molar-refractivity contribution in [3.63, 3.8) is 0 Å². The molecule has 1 aromatic rings. The Hall–Kier alpha value is -0.880. The topological polar surface area (TPSA) is 66.1 Å². The lowest BCUT2D eigenvalue weighted by molar-refractivity contribution is -0.00162. The maximum atomic E-state index is 9.98. The summed E-state index contributed by atoms with van der Waals surface area (Å²) in [6, 6.07) is 3.67. The van der Waals surface area contributed by atoms with Crippen LogP contribution in [0, 0.1) is 5.92 Å². The molecule has 1 aliphatic carbocycles. The van der Waals surface area contributed by atoms with E-state index in [1.54, 1.807) is 6.26 Å². The molecule has 1 heterocycles. The highest BCUT2D eigenvalue weighted by molar-refractivity contribution is 4.96. The summed E-state index contributed by atoms with van der Waals surface area (Å²) in [5, 5.41) is 20.0. The second-order valence-corrected chi connectivity index (χ2v) is 6.08. The number of ether oxygens (including phenoxy) is 1. The highest BCUT2D eigenvalue weighted by Gasteiger charge is 2.24. The predicted octanol–water partition coefficient (Wildman–Crippen LogP) is 1.64. The van der Waals surface area contributed by atoms with E-state index in [1.165, 1.54) is 6.42 Å². The number of furan rings is 1. The molecule has 3 atom stereocenters. The van der Waals surface area contributed by atoms with Crippen molar-refractivity contribution in [2.24, 2.45) is 5.92 Å². The van der Waals surface area contributed by atoms with Gasteiger partial charge < -0.3 is 24.3 Å². The molecule has 5 nitrogen and oxygen atoms in total. The third-order valence-corrected chi connectivity index (χ3v) is 4.07. The van der Waals surface area contributed by atoms with Crippen LogP contribution in [0.1, 0.15) is 31.4 Å². The average molecular weight is 297 g/mol. The fourth-order valence-electron chi connectivity index (χ4n) is 2.98. The lowest BCUT2D eigenvalue weighted by Gasteiger charge is -2.31. The summed E-state index contributed by atoms with van der Waals surface area (Å²) in [5.74, 6) is 1.10. The van der Waals surface area contributed by atoms with Gasteiger partial charge in [-0.05, 0) is 37.9 Å². The van der Waals surface area contributed by atoms with E-state index in [4.69, 9.17) is 9.15 Å². The number of likely N-dealkylation sites (N-methyl/N-ethyl adjacent to an activating group) is 1. The summed E-state index contributed by atoms with van der Waals surface area (Å²) in [5.41, 5.74) is 0. The minimum atomic E-state index is -0.523. The average Bonchev–Trinajstić information content (AvgIpc) is 2.94. The van der Waals surface area contributed by atoms with Crippen LogP contribution in [0.2, 0.25) is 0 Å². The van der Waals surface area contributed by atoms with Crippen molar-refractivity contribution in [1.82, 2.24) is 4.90 Å². The first-order valence-corrected chi connectivity index (χ1v) is 7.80. The van der Waals surface area contributed by atoms with Crippen LogP contribution in [-0.4, -0.2) is 54.1 Å². The molecule has 0 saturated heterocycles. The Morgan fingerprint density at radius 3 is 2.95 bits per heavy atom. The summed E-state index contributed by atoms with van der Waals surface area (Å²) in [7, 11) is 1.98. The number of rotatable bonds is 8. The van der Waals surface area contributed by atoms with Gasteiger partial charge in [0.25, 0.3) is 0 Å². The van der Waals surface area contributed by atoms with Gasteiger partial charge in [-0.2, -0.15) is 0 Å². The molecule has 0 aliphatic heterocycles. The molecule has 2 N–H and O–H groups in total. The van der Waals surface area contributed by atoms with Crippen LogP contribution in [0.5, 0.6) is 0 Å². The number of aliphatic hydroxyl groups is 2. The zero-order valence-electron chi connectivity index (χ0n) is 12.8. The second kappa shape index (κ2) is 8.54. The van der Waals surface area contributed by atoms with E-state index >= 15 is 0 Å². The summed E-state index contributed by atoms with van der Waals surface area (Å²) < 4.78 is 10.6. The van der Waals surface area contributed by atoms with Crippen LogP contribution < -0.4 is 0 Å². The number of nitrogens with zero attached hydrogens (tertiary/aromatic N) is 1. The molecule has 0 radical (unpaired) electrons. The maximum Gasteiger partial charge on any atom is 0.129 e. The van der Waals surface area contributed by atoms with Crippen LogP contribution in [0.4, 0.5) is 0 Å². The first-order chi connectivity index (χ1) is 10.1. The molecule has 0 aromatic carbocycles. The van der Waals surface area contributed by atoms with E-state index in [0.717, 1.165) is 31.6 Å². The molecule has 2 rings (SSSR count). The maximum absolute atomic E-state index is 9.98. The molecule has 0 amide bonds. The monoisotopic (exact) mass is 297 g/mol. The number of hydrogen-bond acceptors (Lipinski definition) is 5. The van der Waals surface area contributed by atoms with Gasteiger partial charge in [0, 0.05) is 13.1 Å². The van der Waals surface area contributed by atoms with Crippen molar-refractivity contribution in [3.05, 3.63) is 24.2 Å². The van der Waals surface area contributed by atoms with E-state index in [1.807, 2.05) is 19.2 Å². The zero-order chi connectivity index (χ0) is 15.1. The first kappa shape index (κ1) is 16.5. The molecule has 120 valence electrons. The van der Waals surface area contributed by atoms with Crippen molar-refractivity contribution in [2.75, 3.05) is 26.7 Å². The van der Waals surface area contributed by atoms with E-state index in [9.17, 15) is 10.2 Å². The van der Waals surface area contributed by atoms with Gasteiger partial charge in [-0.25, -0.2) is 0 Å². The predicted molar refractivity (Wildman–Crippen MR) is 79.8 cm³/mol. The summed E-state index contributed by atoms with van der Waals surface area (Å²) in [6.45, 7) is 2.06. The van der Waals surface area contributed by atoms with Gasteiger partial charge in [-0.15, -0.1) is 0 Å². The van der Waals surface area contributed by atoms with Crippen LogP contribution >= 0.6 is 0 Å². The highest BCUT2D eigenvalue weighted by Crippen LogP contribution is 2.24. The van der Waals surface area contributed by atoms with Crippen molar-refractivity contribution in [1.29, 1.82) is 0 Å². The second-order valence-electron chi connectivity index (χ2n) is 6.08. The smallest absolute Gasteiger partial charge is 0.129 e. The van der Waals surface area contributed by atoms with Crippen molar-refractivity contribution >= 4 is 0 Å². The molecule has 1 fully saturated rings. The minimum absolute atomic E-state index is 0.187. The van der Waals surface area contributed by atoms with E-state index in [2.05, 4.69) is 4.90 Å². The van der Waals surface area contributed by atoms with Crippen LogP contribution in [0.15, 0.2) is 22.8 Å². The highest BCUT2D eigenvalue weighted by atomic mass is 16.5. The Balaban J connectivity index is 1.61. The molecule has 1 saturated carbocycles. The van der Waals surface area contributed by atoms with Crippen LogP contribution in [-0.2, 0) is 11.3 Å².